The minimum absolute atomic E-state index is 0.0217. The first-order valence-electron chi connectivity index (χ1n) is 10.4. The van der Waals surface area contributed by atoms with Crippen LogP contribution in [0.15, 0.2) is 0 Å². The van der Waals surface area contributed by atoms with Crippen molar-refractivity contribution in [2.75, 3.05) is 38.7 Å². The van der Waals surface area contributed by atoms with Crippen LogP contribution >= 0.6 is 0 Å². The van der Waals surface area contributed by atoms with Crippen molar-refractivity contribution in [3.63, 3.8) is 0 Å². The molecule has 2 bridgehead atoms. The maximum Gasteiger partial charge on any atom is 0.237 e. The number of nitrogens with two attached hydrogens (primary N) is 1. The van der Waals surface area contributed by atoms with Crippen LogP contribution in [0.3, 0.4) is 0 Å². The van der Waals surface area contributed by atoms with Gasteiger partial charge >= 0.3 is 0 Å². The largest absolute Gasteiger partial charge is 0.368 e. The van der Waals surface area contributed by atoms with Crippen molar-refractivity contribution in [2.45, 2.75) is 69.0 Å². The van der Waals surface area contributed by atoms with Gasteiger partial charge in [-0.25, -0.2) is 25.4 Å². The second-order valence-corrected chi connectivity index (χ2v) is 12.9. The van der Waals surface area contributed by atoms with Crippen LogP contribution in [0, 0.1) is 0 Å². The van der Waals surface area contributed by atoms with Gasteiger partial charge in [-0.05, 0) is 51.4 Å². The molecule has 0 aromatic carbocycles. The second-order valence-electron chi connectivity index (χ2n) is 8.75. The highest BCUT2D eigenvalue weighted by atomic mass is 32.2. The number of primary amides is 1. The second kappa shape index (κ2) is 8.41. The summed E-state index contributed by atoms with van der Waals surface area (Å²) in [5.41, 5.74) is 5.13. The SMILES string of the molecule is CN(C1CCN(S(C)(=O)=O)CC1)S(=O)(=O)CCCN1[C@@H]2CCC[C@@]1(C(N)=O)CC2. The first kappa shape index (κ1) is 22.9. The molecule has 3 rings (SSSR count). The molecule has 3 saturated heterocycles. The van der Waals surface area contributed by atoms with Crippen molar-refractivity contribution in [2.24, 2.45) is 5.73 Å². The highest BCUT2D eigenvalue weighted by Gasteiger charge is 2.52. The fraction of sp³-hybridized carbons (Fsp3) is 0.944. The Balaban J connectivity index is 1.54. The van der Waals surface area contributed by atoms with Crippen LogP contribution in [-0.4, -0.2) is 92.6 Å². The molecule has 3 aliphatic heterocycles. The van der Waals surface area contributed by atoms with Crippen molar-refractivity contribution in [1.29, 1.82) is 0 Å². The van der Waals surface area contributed by atoms with E-state index in [1.807, 2.05) is 0 Å². The Hall–Kier alpha value is -0.750. The smallest absolute Gasteiger partial charge is 0.237 e. The summed E-state index contributed by atoms with van der Waals surface area (Å²) in [6.45, 7) is 1.26. The number of rotatable bonds is 8. The third-order valence-electron chi connectivity index (χ3n) is 7.11. The zero-order valence-corrected chi connectivity index (χ0v) is 19.0. The summed E-state index contributed by atoms with van der Waals surface area (Å²) in [7, 11) is -5.09. The van der Waals surface area contributed by atoms with E-state index in [1.165, 1.54) is 14.9 Å². The van der Waals surface area contributed by atoms with Gasteiger partial charge in [-0.2, -0.15) is 0 Å². The summed E-state index contributed by atoms with van der Waals surface area (Å²) in [6, 6.07) is 0.151. The Morgan fingerprint density at radius 3 is 2.34 bits per heavy atom. The first-order chi connectivity index (χ1) is 13.5. The third kappa shape index (κ3) is 4.63. The van der Waals surface area contributed by atoms with Gasteiger partial charge in [-0.15, -0.1) is 0 Å². The molecule has 2 atom stereocenters. The van der Waals surface area contributed by atoms with Crippen molar-refractivity contribution in [1.82, 2.24) is 13.5 Å². The normalized spacial score (nSPS) is 30.1. The lowest BCUT2D eigenvalue weighted by Gasteiger charge is -2.42. The highest BCUT2D eigenvalue weighted by molar-refractivity contribution is 7.89. The Morgan fingerprint density at radius 2 is 1.76 bits per heavy atom. The maximum atomic E-state index is 12.8. The first-order valence-corrected chi connectivity index (χ1v) is 13.9. The van der Waals surface area contributed by atoms with Crippen molar-refractivity contribution >= 4 is 26.0 Å². The molecule has 11 heteroatoms. The molecule has 3 aliphatic rings. The van der Waals surface area contributed by atoms with E-state index >= 15 is 0 Å². The monoisotopic (exact) mass is 450 g/mol. The molecule has 29 heavy (non-hydrogen) atoms. The van der Waals surface area contributed by atoms with Gasteiger partial charge in [0, 0.05) is 38.8 Å². The van der Waals surface area contributed by atoms with E-state index in [2.05, 4.69) is 4.90 Å². The molecule has 0 spiro atoms. The summed E-state index contributed by atoms with van der Waals surface area (Å²) in [6.07, 6.45) is 7.18. The Kier molecular flexibility index (Phi) is 6.65. The summed E-state index contributed by atoms with van der Waals surface area (Å²) in [5.74, 6) is -0.259. The van der Waals surface area contributed by atoms with Gasteiger partial charge in [0.1, 0.15) is 5.54 Å². The molecule has 1 amide bonds. The van der Waals surface area contributed by atoms with Gasteiger partial charge in [0.15, 0.2) is 0 Å². The Labute approximate surface area is 174 Å². The zero-order valence-electron chi connectivity index (χ0n) is 17.4. The summed E-state index contributed by atoms with van der Waals surface area (Å²) < 4.78 is 51.8. The van der Waals surface area contributed by atoms with E-state index in [1.54, 1.807) is 7.05 Å². The number of sulfonamides is 2. The van der Waals surface area contributed by atoms with Crippen LogP contribution in [-0.2, 0) is 24.8 Å². The molecule has 0 saturated carbocycles. The van der Waals surface area contributed by atoms with Gasteiger partial charge in [0.2, 0.25) is 26.0 Å². The average molecular weight is 451 g/mol. The standard InChI is InChI=1S/C18H34N4O5S2/c1-20(15-7-12-21(13-8-15)28(2,24)25)29(26,27)14-4-11-22-16-5-3-9-18(22,10-6-16)17(19)23/h15-16H,3-14H2,1-2H3,(H2,19,23)/t16-,18+/m1/s1. The molecule has 0 aromatic rings. The molecule has 3 heterocycles. The van der Waals surface area contributed by atoms with Crippen molar-refractivity contribution in [3.8, 4) is 0 Å². The topological polar surface area (TPSA) is 121 Å². The third-order valence-corrected chi connectivity index (χ3v) is 10.4. The number of piperidine rings is 2. The molecule has 168 valence electrons. The van der Waals surface area contributed by atoms with E-state index in [-0.39, 0.29) is 17.7 Å². The van der Waals surface area contributed by atoms with Crippen molar-refractivity contribution < 1.29 is 21.6 Å². The fourth-order valence-electron chi connectivity index (χ4n) is 5.36. The van der Waals surface area contributed by atoms with Crippen LogP contribution in [0.4, 0.5) is 0 Å². The van der Waals surface area contributed by atoms with Crippen LogP contribution < -0.4 is 5.73 Å². The summed E-state index contributed by atoms with van der Waals surface area (Å²) in [4.78, 5) is 14.3. The molecular weight excluding hydrogens is 416 g/mol. The number of carbonyl (C=O) groups excluding carboxylic acids is 1. The minimum atomic E-state index is -3.45. The van der Waals surface area contributed by atoms with E-state index in [0.717, 1.165) is 32.1 Å². The number of nitrogens with zero attached hydrogens (tertiary/aromatic N) is 3. The van der Waals surface area contributed by atoms with Gasteiger partial charge in [0.25, 0.3) is 0 Å². The van der Waals surface area contributed by atoms with Crippen LogP contribution in [0.1, 0.15) is 51.4 Å². The number of carbonyl (C=O) groups is 1. The minimum Gasteiger partial charge on any atom is -0.368 e. The lowest BCUT2D eigenvalue weighted by molar-refractivity contribution is -0.131. The Morgan fingerprint density at radius 1 is 1.10 bits per heavy atom. The molecule has 9 nitrogen and oxygen atoms in total. The summed E-state index contributed by atoms with van der Waals surface area (Å²) >= 11 is 0. The zero-order chi connectivity index (χ0) is 21.4. The van der Waals surface area contributed by atoms with Crippen LogP contribution in [0.25, 0.3) is 0 Å². The van der Waals surface area contributed by atoms with E-state index in [0.29, 0.717) is 44.9 Å². The molecule has 0 aliphatic carbocycles. The molecule has 3 fully saturated rings. The molecule has 0 aromatic heterocycles. The average Bonchev–Trinajstić information content (AvgIpc) is 2.85. The summed E-state index contributed by atoms with van der Waals surface area (Å²) in [5, 5.41) is 0. The van der Waals surface area contributed by atoms with Gasteiger partial charge < -0.3 is 5.73 Å². The molecule has 0 unspecified atom stereocenters. The van der Waals surface area contributed by atoms with Crippen LogP contribution in [0.2, 0.25) is 0 Å². The van der Waals surface area contributed by atoms with Crippen molar-refractivity contribution in [3.05, 3.63) is 0 Å². The van der Waals surface area contributed by atoms with E-state index < -0.39 is 25.6 Å². The number of fused-ring (bicyclic) bond motifs is 2. The molecular formula is C18H34N4O5S2. The predicted octanol–water partition coefficient (Wildman–Crippen LogP) is -0.0655. The van der Waals surface area contributed by atoms with E-state index in [4.69, 9.17) is 5.73 Å². The molecule has 2 N–H and O–H groups in total. The molecule has 0 radical (unpaired) electrons. The predicted molar refractivity (Wildman–Crippen MR) is 111 cm³/mol. The lowest BCUT2D eigenvalue weighted by Crippen LogP contribution is -2.58. The highest BCUT2D eigenvalue weighted by Crippen LogP contribution is 2.44. The van der Waals surface area contributed by atoms with Gasteiger partial charge in [-0.1, -0.05) is 0 Å². The van der Waals surface area contributed by atoms with E-state index in [9.17, 15) is 21.6 Å². The number of hydrogen-bond acceptors (Lipinski definition) is 6. The number of amides is 1. The van der Waals surface area contributed by atoms with Crippen LogP contribution in [0.5, 0.6) is 0 Å². The fourth-order valence-corrected chi connectivity index (χ4v) is 7.68. The van der Waals surface area contributed by atoms with Gasteiger partial charge in [0.05, 0.1) is 12.0 Å². The quantitative estimate of drug-likeness (QED) is 0.553. The lowest BCUT2D eigenvalue weighted by atomic mass is 9.87. The Bertz CT molecular complexity index is 819. The van der Waals surface area contributed by atoms with Gasteiger partial charge in [-0.3, -0.25) is 9.69 Å². The number of hydrogen-bond donors (Lipinski definition) is 1. The maximum absolute atomic E-state index is 12.8.